The normalized spacial score (nSPS) is 11.8. The molecule has 0 unspecified atom stereocenters. The molecule has 53 heavy (non-hydrogen) atoms. The molecule has 0 aliphatic heterocycles. The Kier molecular flexibility index (Phi) is 6.23. The van der Waals surface area contributed by atoms with Crippen LogP contribution in [0.2, 0.25) is 0 Å². The monoisotopic (exact) mass is 682 g/mol. The van der Waals surface area contributed by atoms with Crippen LogP contribution in [0.3, 0.4) is 0 Å². The molecule has 4 aromatic heterocycles. The average Bonchev–Trinajstić information content (AvgIpc) is 3.77. The molecule has 11 aromatic rings. The summed E-state index contributed by atoms with van der Waals surface area (Å²) in [5, 5.41) is 4.61. The van der Waals surface area contributed by atoms with Crippen LogP contribution >= 0.6 is 0 Å². The van der Waals surface area contributed by atoms with Gasteiger partial charge in [0.05, 0.1) is 27.6 Å². The first kappa shape index (κ1) is 29.3. The molecule has 0 saturated carbocycles. The number of hydrogen-bond acceptors (Lipinski definition) is 6. The first-order chi connectivity index (χ1) is 26.2. The maximum absolute atomic E-state index is 13.8. The summed E-state index contributed by atoms with van der Waals surface area (Å²) >= 11 is 0. The number of aromatic nitrogens is 6. The van der Waals surface area contributed by atoms with Crippen molar-refractivity contribution in [2.45, 2.75) is 0 Å². The predicted molar refractivity (Wildman–Crippen MR) is 210 cm³/mol. The molecule has 0 atom stereocenters. The molecular formula is C45H26N6O2. The zero-order chi connectivity index (χ0) is 35.0. The van der Waals surface area contributed by atoms with E-state index in [9.17, 15) is 4.79 Å². The number of hydrogen-bond donors (Lipinski definition) is 0. The van der Waals surface area contributed by atoms with Crippen molar-refractivity contribution >= 4 is 60.4 Å². The largest absolute Gasteiger partial charge is 0.424 e. The van der Waals surface area contributed by atoms with Crippen LogP contribution in [0.5, 0.6) is 0 Å². The molecule has 0 aliphatic carbocycles. The highest BCUT2D eigenvalue weighted by atomic mass is 16.4. The average molecular weight is 683 g/mol. The summed E-state index contributed by atoms with van der Waals surface area (Å²) in [4.78, 5) is 33.9. The molecule has 11 rings (SSSR count). The number of imidazole rings is 1. The van der Waals surface area contributed by atoms with Crippen molar-refractivity contribution in [3.05, 3.63) is 168 Å². The van der Waals surface area contributed by atoms with Gasteiger partial charge < -0.3 is 8.98 Å². The quantitative estimate of drug-likeness (QED) is 0.184. The van der Waals surface area contributed by atoms with Crippen molar-refractivity contribution in [1.29, 1.82) is 0 Å². The van der Waals surface area contributed by atoms with Gasteiger partial charge in [-0.15, -0.1) is 0 Å². The van der Waals surface area contributed by atoms with Crippen LogP contribution < -0.4 is 5.56 Å². The van der Waals surface area contributed by atoms with Crippen molar-refractivity contribution in [2.75, 3.05) is 0 Å². The molecular weight excluding hydrogens is 657 g/mol. The number of benzene rings is 7. The van der Waals surface area contributed by atoms with Crippen molar-refractivity contribution in [1.82, 2.24) is 28.9 Å². The molecule has 248 valence electrons. The van der Waals surface area contributed by atoms with Crippen LogP contribution in [-0.2, 0) is 0 Å². The summed E-state index contributed by atoms with van der Waals surface area (Å²) in [7, 11) is 0. The topological polar surface area (TPSA) is 91.1 Å². The van der Waals surface area contributed by atoms with Gasteiger partial charge in [0.2, 0.25) is 0 Å². The summed E-state index contributed by atoms with van der Waals surface area (Å²) in [6, 6.07) is 52.3. The van der Waals surface area contributed by atoms with Gasteiger partial charge >= 0.3 is 5.84 Å². The number of rotatable bonds is 4. The number of para-hydroxylation sites is 2. The lowest BCUT2D eigenvalue weighted by molar-refractivity contribution is 0.616. The standard InChI is InChI=1S/C45H26N6O2/c52-44-34-20-10-12-22-38(34)53-45-46-39-37(51(44)45)26-23-32-31-19-9-11-21-35(31)50(40(32)39)36-25-24-33(29-17-7-8-18-30(29)36)43-48-41(27-13-3-1-4-14-27)47-42(49-43)28-15-5-2-6-16-28/h1-26H. The van der Waals surface area contributed by atoms with Gasteiger partial charge in [0.25, 0.3) is 5.56 Å². The second-order valence-corrected chi connectivity index (χ2v) is 13.0. The highest BCUT2D eigenvalue weighted by Gasteiger charge is 2.23. The molecule has 0 bridgehead atoms. The lowest BCUT2D eigenvalue weighted by Gasteiger charge is -2.15. The molecule has 4 heterocycles. The smallest absolute Gasteiger partial charge is 0.310 e. The van der Waals surface area contributed by atoms with Crippen molar-refractivity contribution in [2.24, 2.45) is 0 Å². The van der Waals surface area contributed by atoms with Crippen LogP contribution in [0.15, 0.2) is 167 Å². The first-order valence-corrected chi connectivity index (χ1v) is 17.4. The molecule has 0 fully saturated rings. The molecule has 0 radical (unpaired) electrons. The van der Waals surface area contributed by atoms with Gasteiger partial charge in [0, 0.05) is 32.8 Å². The summed E-state index contributed by atoms with van der Waals surface area (Å²) in [5.41, 5.74) is 7.30. The molecule has 7 aromatic carbocycles. The van der Waals surface area contributed by atoms with E-state index in [1.165, 1.54) is 0 Å². The van der Waals surface area contributed by atoms with Gasteiger partial charge in [-0.25, -0.2) is 19.4 Å². The Labute approximate surface area is 300 Å². The van der Waals surface area contributed by atoms with E-state index in [0.717, 1.165) is 55.0 Å². The highest BCUT2D eigenvalue weighted by molar-refractivity contribution is 6.18. The van der Waals surface area contributed by atoms with E-state index in [1.807, 2.05) is 91.0 Å². The first-order valence-electron chi connectivity index (χ1n) is 17.4. The Hall–Kier alpha value is -7.45. The fourth-order valence-corrected chi connectivity index (χ4v) is 7.64. The van der Waals surface area contributed by atoms with E-state index < -0.39 is 0 Å². The highest BCUT2D eigenvalue weighted by Crippen LogP contribution is 2.40. The van der Waals surface area contributed by atoms with Crippen LogP contribution in [0.1, 0.15) is 0 Å². The lowest BCUT2D eigenvalue weighted by Crippen LogP contribution is -2.12. The summed E-state index contributed by atoms with van der Waals surface area (Å²) in [6.07, 6.45) is 0. The van der Waals surface area contributed by atoms with Gasteiger partial charge in [-0.2, -0.15) is 4.98 Å². The molecule has 0 saturated heterocycles. The second-order valence-electron chi connectivity index (χ2n) is 13.0. The van der Waals surface area contributed by atoms with E-state index in [2.05, 4.69) is 59.2 Å². The summed E-state index contributed by atoms with van der Waals surface area (Å²) in [6.45, 7) is 0. The Morgan fingerprint density at radius 1 is 0.453 bits per heavy atom. The van der Waals surface area contributed by atoms with Gasteiger partial charge in [-0.1, -0.05) is 115 Å². The predicted octanol–water partition coefficient (Wildman–Crippen LogP) is 10.0. The third-order valence-corrected chi connectivity index (χ3v) is 10.0. The molecule has 0 amide bonds. The van der Waals surface area contributed by atoms with Crippen LogP contribution in [0.25, 0.3) is 100 Å². The second kappa shape index (κ2) is 11.3. The molecule has 0 aliphatic rings. The van der Waals surface area contributed by atoms with Gasteiger partial charge in [0.1, 0.15) is 11.1 Å². The van der Waals surface area contributed by atoms with Crippen molar-refractivity contribution in [3.8, 4) is 39.9 Å². The fourth-order valence-electron chi connectivity index (χ4n) is 7.64. The summed E-state index contributed by atoms with van der Waals surface area (Å²) < 4.78 is 10.1. The van der Waals surface area contributed by atoms with Crippen LogP contribution in [0.4, 0.5) is 0 Å². The SMILES string of the molecule is O=c1c2ccccc2oc2nc3c4c(ccc3n12)c1ccccc1n4-c1ccc(-c2nc(-c3ccccc3)nc(-c3ccccc3)n2)c2ccccc12. The maximum Gasteiger partial charge on any atom is 0.310 e. The minimum Gasteiger partial charge on any atom is -0.424 e. The fraction of sp³-hybridized carbons (Fsp3) is 0. The Morgan fingerprint density at radius 2 is 1.06 bits per heavy atom. The summed E-state index contributed by atoms with van der Waals surface area (Å²) in [5.74, 6) is 2.05. The molecule has 0 spiro atoms. The van der Waals surface area contributed by atoms with E-state index in [1.54, 1.807) is 16.5 Å². The maximum atomic E-state index is 13.8. The zero-order valence-corrected chi connectivity index (χ0v) is 28.0. The van der Waals surface area contributed by atoms with Gasteiger partial charge in [-0.3, -0.25) is 4.79 Å². The van der Waals surface area contributed by atoms with Crippen LogP contribution in [0, 0.1) is 0 Å². The molecule has 8 nitrogen and oxygen atoms in total. The van der Waals surface area contributed by atoms with Gasteiger partial charge in [-0.05, 0) is 47.9 Å². The minimum absolute atomic E-state index is 0.164. The van der Waals surface area contributed by atoms with Crippen molar-refractivity contribution < 1.29 is 4.42 Å². The zero-order valence-electron chi connectivity index (χ0n) is 28.0. The van der Waals surface area contributed by atoms with Crippen LogP contribution in [-0.4, -0.2) is 28.9 Å². The third-order valence-electron chi connectivity index (χ3n) is 10.0. The molecule has 8 heteroatoms. The van der Waals surface area contributed by atoms with E-state index >= 15 is 0 Å². The minimum atomic E-state index is -0.164. The third kappa shape index (κ3) is 4.39. The van der Waals surface area contributed by atoms with E-state index in [0.29, 0.717) is 39.5 Å². The number of fused-ring (bicyclic) bond motifs is 9. The van der Waals surface area contributed by atoms with Crippen molar-refractivity contribution in [3.63, 3.8) is 0 Å². The number of nitrogens with zero attached hydrogens (tertiary/aromatic N) is 6. The van der Waals surface area contributed by atoms with E-state index in [4.69, 9.17) is 24.4 Å². The Balaban J connectivity index is 1.20. The van der Waals surface area contributed by atoms with Gasteiger partial charge in [0.15, 0.2) is 17.5 Å². The lowest BCUT2D eigenvalue weighted by atomic mass is 10.0. The van der Waals surface area contributed by atoms with E-state index in [-0.39, 0.29) is 11.4 Å². The Morgan fingerprint density at radius 3 is 1.79 bits per heavy atom. The Bertz CT molecular complexity index is 3250. The molecule has 0 N–H and O–H groups in total.